The third kappa shape index (κ3) is 4.41. The Balaban J connectivity index is 1.73. The van der Waals surface area contributed by atoms with Crippen LogP contribution in [0.4, 0.5) is 11.4 Å². The minimum absolute atomic E-state index is 0.113. The molecule has 1 aliphatic heterocycles. The molecule has 3 rings (SSSR count). The molecule has 6 heteroatoms. The molecule has 138 valence electrons. The molecule has 27 heavy (non-hydrogen) atoms. The lowest BCUT2D eigenvalue weighted by Gasteiger charge is -2.32. The van der Waals surface area contributed by atoms with Crippen molar-refractivity contribution in [2.45, 2.75) is 26.3 Å². The number of carbonyl (C=O) groups excluding carboxylic acids is 3. The van der Waals surface area contributed by atoms with Crippen molar-refractivity contribution in [2.24, 2.45) is 0 Å². The van der Waals surface area contributed by atoms with Gasteiger partial charge in [0.05, 0.1) is 12.5 Å². The summed E-state index contributed by atoms with van der Waals surface area (Å²) >= 11 is 0. The molecular weight excluding hydrogens is 342 g/mol. The fourth-order valence-corrected chi connectivity index (χ4v) is 3.14. The van der Waals surface area contributed by atoms with Crippen LogP contribution in [0, 0.1) is 0 Å². The van der Waals surface area contributed by atoms with Crippen LogP contribution in [0.3, 0.4) is 0 Å². The number of nitrogens with zero attached hydrogens (tertiary/aromatic N) is 1. The lowest BCUT2D eigenvalue weighted by atomic mass is 9.93. The molecule has 0 saturated heterocycles. The number of benzene rings is 2. The van der Waals surface area contributed by atoms with Gasteiger partial charge in [0.1, 0.15) is 0 Å². The number of fused-ring (bicyclic) bond motifs is 1. The molecule has 0 radical (unpaired) electrons. The van der Waals surface area contributed by atoms with Crippen molar-refractivity contribution in [1.29, 1.82) is 0 Å². The SMILES string of the molecule is CC(=O)Nc1ccc(NC(=O)CC2c3ccccc3C=CN2C(C)=O)cc1. The molecule has 3 amide bonds. The van der Waals surface area contributed by atoms with E-state index in [2.05, 4.69) is 10.6 Å². The Morgan fingerprint density at radius 3 is 2.19 bits per heavy atom. The third-order valence-corrected chi connectivity index (χ3v) is 4.34. The van der Waals surface area contributed by atoms with Crippen LogP contribution in [0.15, 0.2) is 54.7 Å². The van der Waals surface area contributed by atoms with Gasteiger partial charge in [-0.3, -0.25) is 14.4 Å². The summed E-state index contributed by atoms with van der Waals surface area (Å²) in [4.78, 5) is 37.2. The molecule has 1 unspecified atom stereocenters. The minimum atomic E-state index is -0.345. The summed E-state index contributed by atoms with van der Waals surface area (Å²) in [5.74, 6) is -0.457. The van der Waals surface area contributed by atoms with Crippen molar-refractivity contribution < 1.29 is 14.4 Å². The van der Waals surface area contributed by atoms with Gasteiger partial charge < -0.3 is 15.5 Å². The fraction of sp³-hybridized carbons (Fsp3) is 0.190. The maximum absolute atomic E-state index is 12.6. The van der Waals surface area contributed by atoms with Gasteiger partial charge in [0, 0.05) is 31.4 Å². The van der Waals surface area contributed by atoms with Crippen molar-refractivity contribution in [3.8, 4) is 0 Å². The second-order valence-electron chi connectivity index (χ2n) is 6.40. The first kappa shape index (κ1) is 18.4. The van der Waals surface area contributed by atoms with Crippen molar-refractivity contribution in [2.75, 3.05) is 10.6 Å². The molecule has 1 heterocycles. The van der Waals surface area contributed by atoms with E-state index < -0.39 is 0 Å². The quantitative estimate of drug-likeness (QED) is 0.872. The average Bonchev–Trinajstić information content (AvgIpc) is 2.63. The smallest absolute Gasteiger partial charge is 0.226 e. The first-order valence-electron chi connectivity index (χ1n) is 8.67. The number of amides is 3. The molecule has 0 aliphatic carbocycles. The highest BCUT2D eigenvalue weighted by molar-refractivity contribution is 5.93. The Hall–Kier alpha value is -3.41. The molecule has 0 saturated carbocycles. The highest BCUT2D eigenvalue weighted by Gasteiger charge is 2.28. The van der Waals surface area contributed by atoms with E-state index in [1.807, 2.05) is 30.3 Å². The van der Waals surface area contributed by atoms with Gasteiger partial charge >= 0.3 is 0 Å². The average molecular weight is 363 g/mol. The van der Waals surface area contributed by atoms with Gasteiger partial charge in [0.2, 0.25) is 17.7 Å². The standard InChI is InChI=1S/C21H21N3O3/c1-14(25)22-17-7-9-18(10-8-17)23-21(27)13-20-19-6-4-3-5-16(19)11-12-24(20)15(2)26/h3-12,20H,13H2,1-2H3,(H,22,25)(H,23,27). The molecule has 0 fully saturated rings. The van der Waals surface area contributed by atoms with Gasteiger partial charge in [0.15, 0.2) is 0 Å². The second-order valence-corrected chi connectivity index (χ2v) is 6.40. The lowest BCUT2D eigenvalue weighted by molar-refractivity contribution is -0.129. The highest BCUT2D eigenvalue weighted by Crippen LogP contribution is 2.33. The molecular formula is C21H21N3O3. The van der Waals surface area contributed by atoms with Gasteiger partial charge in [-0.25, -0.2) is 0 Å². The fourth-order valence-electron chi connectivity index (χ4n) is 3.14. The minimum Gasteiger partial charge on any atom is -0.326 e. The Labute approximate surface area is 157 Å². The summed E-state index contributed by atoms with van der Waals surface area (Å²) in [7, 11) is 0. The summed E-state index contributed by atoms with van der Waals surface area (Å²) in [6.07, 6.45) is 3.76. The molecule has 6 nitrogen and oxygen atoms in total. The Kier molecular flexibility index (Phi) is 5.35. The zero-order chi connectivity index (χ0) is 19.4. The topological polar surface area (TPSA) is 78.5 Å². The number of hydrogen-bond acceptors (Lipinski definition) is 3. The van der Waals surface area contributed by atoms with Crippen LogP contribution in [0.2, 0.25) is 0 Å². The predicted molar refractivity (Wildman–Crippen MR) is 105 cm³/mol. The first-order valence-corrected chi connectivity index (χ1v) is 8.67. The molecule has 2 aromatic rings. The summed E-state index contributed by atoms with van der Waals surface area (Å²) in [6, 6.07) is 14.3. The summed E-state index contributed by atoms with van der Waals surface area (Å²) < 4.78 is 0. The van der Waals surface area contributed by atoms with E-state index in [0.717, 1.165) is 11.1 Å². The van der Waals surface area contributed by atoms with Crippen molar-refractivity contribution in [3.05, 3.63) is 65.9 Å². The van der Waals surface area contributed by atoms with E-state index in [1.165, 1.54) is 13.8 Å². The first-order chi connectivity index (χ1) is 12.9. The molecule has 2 N–H and O–H groups in total. The Morgan fingerprint density at radius 2 is 1.56 bits per heavy atom. The van der Waals surface area contributed by atoms with Crippen LogP contribution in [0.25, 0.3) is 6.08 Å². The van der Waals surface area contributed by atoms with Crippen LogP contribution < -0.4 is 10.6 Å². The zero-order valence-corrected chi connectivity index (χ0v) is 15.2. The van der Waals surface area contributed by atoms with Crippen molar-refractivity contribution in [1.82, 2.24) is 4.90 Å². The number of rotatable bonds is 4. The van der Waals surface area contributed by atoms with Gasteiger partial charge in [-0.2, -0.15) is 0 Å². The summed E-state index contributed by atoms with van der Waals surface area (Å²) in [6.45, 7) is 2.93. The van der Waals surface area contributed by atoms with E-state index in [1.54, 1.807) is 35.4 Å². The van der Waals surface area contributed by atoms with Crippen LogP contribution in [-0.2, 0) is 14.4 Å². The maximum Gasteiger partial charge on any atom is 0.226 e. The molecule has 0 bridgehead atoms. The highest BCUT2D eigenvalue weighted by atomic mass is 16.2. The van der Waals surface area contributed by atoms with Crippen LogP contribution >= 0.6 is 0 Å². The number of carbonyl (C=O) groups is 3. The van der Waals surface area contributed by atoms with E-state index in [9.17, 15) is 14.4 Å². The van der Waals surface area contributed by atoms with Crippen molar-refractivity contribution in [3.63, 3.8) is 0 Å². The van der Waals surface area contributed by atoms with Crippen LogP contribution in [-0.4, -0.2) is 22.6 Å². The maximum atomic E-state index is 12.6. The normalized spacial score (nSPS) is 15.0. The van der Waals surface area contributed by atoms with Crippen LogP contribution in [0.1, 0.15) is 37.4 Å². The van der Waals surface area contributed by atoms with Gasteiger partial charge in [-0.15, -0.1) is 0 Å². The van der Waals surface area contributed by atoms with Gasteiger partial charge in [-0.05, 0) is 41.5 Å². The van der Waals surface area contributed by atoms with Gasteiger partial charge in [-0.1, -0.05) is 24.3 Å². The van der Waals surface area contributed by atoms with E-state index in [4.69, 9.17) is 0 Å². The Morgan fingerprint density at radius 1 is 0.926 bits per heavy atom. The summed E-state index contributed by atoms with van der Waals surface area (Å²) in [5.41, 5.74) is 3.25. The molecule has 2 aromatic carbocycles. The van der Waals surface area contributed by atoms with Gasteiger partial charge in [0.25, 0.3) is 0 Å². The molecule has 0 spiro atoms. The predicted octanol–water partition coefficient (Wildman–Crippen LogP) is 3.55. The largest absolute Gasteiger partial charge is 0.326 e. The monoisotopic (exact) mass is 363 g/mol. The lowest BCUT2D eigenvalue weighted by Crippen LogP contribution is -2.33. The Bertz CT molecular complexity index is 903. The third-order valence-electron chi connectivity index (χ3n) is 4.34. The number of nitrogens with one attached hydrogen (secondary N) is 2. The number of hydrogen-bond donors (Lipinski definition) is 2. The number of anilines is 2. The van der Waals surface area contributed by atoms with Crippen LogP contribution in [0.5, 0.6) is 0 Å². The summed E-state index contributed by atoms with van der Waals surface area (Å²) in [5, 5.41) is 5.52. The van der Waals surface area contributed by atoms with E-state index >= 15 is 0 Å². The molecule has 0 aromatic heterocycles. The van der Waals surface area contributed by atoms with Crippen molar-refractivity contribution >= 4 is 35.2 Å². The van der Waals surface area contributed by atoms with E-state index in [0.29, 0.717) is 11.4 Å². The molecule has 1 aliphatic rings. The molecule has 1 atom stereocenters. The second kappa shape index (κ2) is 7.86. The zero-order valence-electron chi connectivity index (χ0n) is 15.2. The van der Waals surface area contributed by atoms with E-state index in [-0.39, 0.29) is 30.2 Å².